The van der Waals surface area contributed by atoms with Gasteiger partial charge in [0.2, 0.25) is 0 Å². The smallest absolute Gasteiger partial charge is 0.293 e. The molecule has 0 aliphatic carbocycles. The zero-order valence-electron chi connectivity index (χ0n) is 19.9. The molecule has 0 aromatic heterocycles. The number of methoxy groups -OCH3 is 1. The van der Waals surface area contributed by atoms with Crippen LogP contribution in [0, 0.1) is 11.3 Å². The van der Waals surface area contributed by atoms with Crippen molar-refractivity contribution >= 4 is 68.1 Å². The van der Waals surface area contributed by atoms with Gasteiger partial charge in [0, 0.05) is 10.2 Å². The van der Waals surface area contributed by atoms with Crippen LogP contribution in [0.15, 0.2) is 70.0 Å². The third-order valence-corrected chi connectivity index (χ3v) is 7.53. The molecule has 0 spiro atoms. The Labute approximate surface area is 236 Å². The number of nitrogens with one attached hydrogen (secondary N) is 1. The molecule has 1 saturated heterocycles. The number of nitriles is 1. The van der Waals surface area contributed by atoms with Gasteiger partial charge in [-0.25, -0.2) is 0 Å². The van der Waals surface area contributed by atoms with E-state index in [-0.39, 0.29) is 24.0 Å². The highest BCUT2D eigenvalue weighted by Gasteiger charge is 2.35. The predicted octanol–water partition coefficient (Wildman–Crippen LogP) is 6.24. The lowest BCUT2D eigenvalue weighted by atomic mass is 10.1. The number of imide groups is 1. The van der Waals surface area contributed by atoms with Crippen LogP contribution >= 0.6 is 39.3 Å². The molecule has 0 saturated carbocycles. The van der Waals surface area contributed by atoms with Gasteiger partial charge in [-0.15, -0.1) is 0 Å². The van der Waals surface area contributed by atoms with Crippen LogP contribution in [0.4, 0.5) is 10.5 Å². The Morgan fingerprint density at radius 2 is 1.95 bits per heavy atom. The maximum atomic E-state index is 12.9. The van der Waals surface area contributed by atoms with Crippen molar-refractivity contribution in [2.45, 2.75) is 6.54 Å². The average Bonchev–Trinajstić information content (AvgIpc) is 3.17. The summed E-state index contributed by atoms with van der Waals surface area (Å²) in [6, 6.07) is 18.9. The molecule has 1 fully saturated rings. The van der Waals surface area contributed by atoms with Crippen LogP contribution in [-0.4, -0.2) is 35.7 Å². The molecule has 3 aromatic carbocycles. The first-order chi connectivity index (χ1) is 18.3. The van der Waals surface area contributed by atoms with E-state index in [1.54, 1.807) is 66.7 Å². The number of rotatable bonds is 8. The van der Waals surface area contributed by atoms with E-state index in [4.69, 9.17) is 21.1 Å². The third kappa shape index (κ3) is 6.37. The van der Waals surface area contributed by atoms with Gasteiger partial charge in [0.1, 0.15) is 0 Å². The second-order valence-corrected chi connectivity index (χ2v) is 10.2. The largest absolute Gasteiger partial charge is 0.493 e. The SMILES string of the molecule is COc1cc(/C=C2/SC(=O)N(Cc3ccccc3C#N)C2=O)ccc1OCC(=O)Nc1ccc(Br)c(Cl)c1. The van der Waals surface area contributed by atoms with Gasteiger partial charge < -0.3 is 14.8 Å². The molecular weight excluding hydrogens is 594 g/mol. The molecule has 192 valence electrons. The van der Waals surface area contributed by atoms with Gasteiger partial charge in [-0.1, -0.05) is 35.9 Å². The van der Waals surface area contributed by atoms with Crippen molar-refractivity contribution < 1.29 is 23.9 Å². The van der Waals surface area contributed by atoms with Crippen molar-refractivity contribution in [2.24, 2.45) is 0 Å². The van der Waals surface area contributed by atoms with Crippen LogP contribution in [0.25, 0.3) is 6.08 Å². The molecule has 11 heteroatoms. The maximum absolute atomic E-state index is 12.9. The van der Waals surface area contributed by atoms with Gasteiger partial charge in [0.15, 0.2) is 18.1 Å². The summed E-state index contributed by atoms with van der Waals surface area (Å²) >= 11 is 10.2. The fourth-order valence-corrected chi connectivity index (χ4v) is 4.80. The van der Waals surface area contributed by atoms with E-state index in [2.05, 4.69) is 27.3 Å². The lowest BCUT2D eigenvalue weighted by Gasteiger charge is -2.13. The molecule has 0 radical (unpaired) electrons. The molecule has 1 aliphatic rings. The van der Waals surface area contributed by atoms with Gasteiger partial charge >= 0.3 is 0 Å². The number of benzene rings is 3. The Balaban J connectivity index is 1.43. The third-order valence-electron chi connectivity index (χ3n) is 5.39. The molecule has 38 heavy (non-hydrogen) atoms. The minimum Gasteiger partial charge on any atom is -0.493 e. The number of carbonyl (C=O) groups excluding carboxylic acids is 3. The van der Waals surface area contributed by atoms with Crippen LogP contribution in [-0.2, 0) is 16.1 Å². The molecule has 1 aliphatic heterocycles. The fraction of sp³-hybridized carbons (Fsp3) is 0.111. The topological polar surface area (TPSA) is 109 Å². The molecule has 3 aromatic rings. The van der Waals surface area contributed by atoms with Crippen molar-refractivity contribution in [1.82, 2.24) is 4.90 Å². The predicted molar refractivity (Wildman–Crippen MR) is 149 cm³/mol. The Morgan fingerprint density at radius 1 is 1.16 bits per heavy atom. The van der Waals surface area contributed by atoms with Crippen LogP contribution in [0.5, 0.6) is 11.5 Å². The quantitative estimate of drug-likeness (QED) is 0.300. The van der Waals surface area contributed by atoms with E-state index in [0.29, 0.717) is 43.4 Å². The minimum absolute atomic E-state index is 0.0103. The Bertz CT molecular complexity index is 1500. The number of anilines is 1. The highest BCUT2D eigenvalue weighted by Crippen LogP contribution is 2.35. The summed E-state index contributed by atoms with van der Waals surface area (Å²) in [5, 5.41) is 12.0. The maximum Gasteiger partial charge on any atom is 0.293 e. The molecule has 1 N–H and O–H groups in total. The van der Waals surface area contributed by atoms with Crippen LogP contribution in [0.1, 0.15) is 16.7 Å². The van der Waals surface area contributed by atoms with Crippen molar-refractivity contribution in [3.05, 3.63) is 91.8 Å². The van der Waals surface area contributed by atoms with Crippen LogP contribution in [0.3, 0.4) is 0 Å². The van der Waals surface area contributed by atoms with Gasteiger partial charge in [-0.2, -0.15) is 5.26 Å². The lowest BCUT2D eigenvalue weighted by Crippen LogP contribution is -2.27. The molecule has 0 unspecified atom stereocenters. The van der Waals surface area contributed by atoms with E-state index in [9.17, 15) is 19.6 Å². The van der Waals surface area contributed by atoms with Gasteiger partial charge in [0.05, 0.1) is 35.2 Å². The fourth-order valence-electron chi connectivity index (χ4n) is 3.53. The Morgan fingerprint density at radius 3 is 2.68 bits per heavy atom. The summed E-state index contributed by atoms with van der Waals surface area (Å²) < 4.78 is 11.7. The first-order valence-electron chi connectivity index (χ1n) is 11.1. The number of ether oxygens (including phenoxy) is 2. The lowest BCUT2D eigenvalue weighted by molar-refractivity contribution is -0.123. The molecular formula is C27H19BrClN3O5S. The number of nitrogens with zero attached hydrogens (tertiary/aromatic N) is 2. The van der Waals surface area contributed by atoms with Crippen molar-refractivity contribution in [1.29, 1.82) is 5.26 Å². The van der Waals surface area contributed by atoms with E-state index in [1.165, 1.54) is 7.11 Å². The molecule has 3 amide bonds. The van der Waals surface area contributed by atoms with E-state index in [1.807, 2.05) is 0 Å². The minimum atomic E-state index is -0.447. The number of hydrogen-bond acceptors (Lipinski definition) is 7. The monoisotopic (exact) mass is 611 g/mol. The first kappa shape index (κ1) is 27.3. The highest BCUT2D eigenvalue weighted by atomic mass is 79.9. The summed E-state index contributed by atoms with van der Waals surface area (Å²) in [5.41, 5.74) is 2.13. The number of hydrogen-bond donors (Lipinski definition) is 1. The second kappa shape index (κ2) is 12.2. The molecule has 0 bridgehead atoms. The average molecular weight is 613 g/mol. The second-order valence-electron chi connectivity index (χ2n) is 7.91. The summed E-state index contributed by atoms with van der Waals surface area (Å²) in [5.74, 6) is -0.159. The number of amides is 3. The molecule has 8 nitrogen and oxygen atoms in total. The number of thioether (sulfide) groups is 1. The van der Waals surface area contributed by atoms with Crippen molar-refractivity contribution in [3.63, 3.8) is 0 Å². The normalized spacial score (nSPS) is 13.9. The molecule has 1 heterocycles. The number of carbonyl (C=O) groups is 3. The standard InChI is InChI=1S/C27H19BrClN3O5S/c1-36-23-10-16(6-9-22(23)37-15-25(33)31-19-7-8-20(28)21(29)12-19)11-24-26(34)32(27(35)38-24)14-18-5-3-2-4-17(18)13-30/h2-12H,14-15H2,1H3,(H,31,33)/b24-11+. The van der Waals surface area contributed by atoms with Crippen molar-refractivity contribution in [3.8, 4) is 17.6 Å². The molecule has 4 rings (SSSR count). The zero-order valence-corrected chi connectivity index (χ0v) is 23.0. The van der Waals surface area contributed by atoms with Gasteiger partial charge in [0.25, 0.3) is 17.1 Å². The van der Waals surface area contributed by atoms with Gasteiger partial charge in [-0.05, 0) is 81.3 Å². The van der Waals surface area contributed by atoms with E-state index in [0.717, 1.165) is 16.7 Å². The van der Waals surface area contributed by atoms with E-state index < -0.39 is 11.1 Å². The summed E-state index contributed by atoms with van der Waals surface area (Å²) in [7, 11) is 1.45. The van der Waals surface area contributed by atoms with Gasteiger partial charge in [-0.3, -0.25) is 19.3 Å². The Hall–Kier alpha value is -3.78. The van der Waals surface area contributed by atoms with Crippen molar-refractivity contribution in [2.75, 3.05) is 19.0 Å². The molecule has 0 atom stereocenters. The van der Waals surface area contributed by atoms with E-state index >= 15 is 0 Å². The zero-order chi connectivity index (χ0) is 27.2. The summed E-state index contributed by atoms with van der Waals surface area (Å²) in [4.78, 5) is 39.1. The van der Waals surface area contributed by atoms with Crippen LogP contribution in [0.2, 0.25) is 5.02 Å². The summed E-state index contributed by atoms with van der Waals surface area (Å²) in [6.45, 7) is -0.261. The first-order valence-corrected chi connectivity index (χ1v) is 13.1. The summed E-state index contributed by atoms with van der Waals surface area (Å²) in [6.07, 6.45) is 1.58. The highest BCUT2D eigenvalue weighted by molar-refractivity contribution is 9.10. The number of halogens is 2. The Kier molecular flexibility index (Phi) is 8.73. The van der Waals surface area contributed by atoms with Crippen LogP contribution < -0.4 is 14.8 Å².